The minimum Gasteiger partial charge on any atom is -0.480 e. The minimum atomic E-state index is -1.03. The van der Waals surface area contributed by atoms with E-state index >= 15 is 0 Å². The summed E-state index contributed by atoms with van der Waals surface area (Å²) in [4.78, 5) is 25.3. The molecule has 0 aliphatic heterocycles. The van der Waals surface area contributed by atoms with E-state index in [9.17, 15) is 9.59 Å². The number of carbonyl (C=O) groups excluding carboxylic acids is 1. The van der Waals surface area contributed by atoms with E-state index in [0.717, 1.165) is 22.0 Å². The first kappa shape index (κ1) is 13.1. The van der Waals surface area contributed by atoms with Gasteiger partial charge in [0, 0.05) is 30.4 Å². The number of fused-ring (bicyclic) bond motifs is 1. The molecule has 1 aromatic heterocycles. The number of benzene rings is 1. The maximum Gasteiger partial charge on any atom is 0.326 e. The maximum absolute atomic E-state index is 11.1. The Kier molecular flexibility index (Phi) is 3.55. The van der Waals surface area contributed by atoms with Crippen LogP contribution in [0.3, 0.4) is 0 Å². The first-order valence-corrected chi connectivity index (χ1v) is 6.04. The number of rotatable bonds is 4. The molecule has 5 nitrogen and oxygen atoms in total. The lowest BCUT2D eigenvalue weighted by Gasteiger charge is -2.12. The van der Waals surface area contributed by atoms with Crippen LogP contribution in [0, 0.1) is 6.92 Å². The van der Waals surface area contributed by atoms with Crippen LogP contribution in [-0.4, -0.2) is 28.0 Å². The van der Waals surface area contributed by atoms with Gasteiger partial charge in [0.15, 0.2) is 0 Å². The van der Waals surface area contributed by atoms with Crippen LogP contribution in [0.25, 0.3) is 10.9 Å². The molecule has 0 saturated carbocycles. The molecule has 1 atom stereocenters. The van der Waals surface area contributed by atoms with Crippen molar-refractivity contribution in [2.24, 2.45) is 0 Å². The molecule has 2 rings (SSSR count). The van der Waals surface area contributed by atoms with E-state index in [0.29, 0.717) is 0 Å². The van der Waals surface area contributed by atoms with Crippen LogP contribution in [0.2, 0.25) is 0 Å². The third-order valence-corrected chi connectivity index (χ3v) is 3.02. The van der Waals surface area contributed by atoms with Crippen molar-refractivity contribution >= 4 is 22.8 Å². The standard InChI is InChI=1S/C14H16N2O3/c1-8-3-4-12-11(5-8)10(7-15-12)6-13(14(18)19)16-9(2)17/h3-5,7,13,15H,6H2,1-2H3,(H,16,17)(H,18,19)/t13-/m0/s1. The highest BCUT2D eigenvalue weighted by atomic mass is 16.4. The Bertz CT molecular complexity index is 631. The van der Waals surface area contributed by atoms with Crippen molar-refractivity contribution in [3.8, 4) is 0 Å². The van der Waals surface area contributed by atoms with Crippen LogP contribution in [0.4, 0.5) is 0 Å². The van der Waals surface area contributed by atoms with E-state index < -0.39 is 12.0 Å². The van der Waals surface area contributed by atoms with E-state index in [2.05, 4.69) is 10.3 Å². The topological polar surface area (TPSA) is 82.2 Å². The summed E-state index contributed by atoms with van der Waals surface area (Å²) in [5.74, 6) is -1.37. The maximum atomic E-state index is 11.1. The van der Waals surface area contributed by atoms with Crippen molar-refractivity contribution in [2.75, 3.05) is 0 Å². The number of carboxylic acid groups (broad SMARTS) is 1. The summed E-state index contributed by atoms with van der Waals surface area (Å²) in [5.41, 5.74) is 2.96. The Hall–Kier alpha value is -2.30. The molecule has 100 valence electrons. The van der Waals surface area contributed by atoms with Gasteiger partial charge in [0.1, 0.15) is 6.04 Å². The summed E-state index contributed by atoms with van der Waals surface area (Å²) in [6, 6.07) is 5.05. The van der Waals surface area contributed by atoms with Crippen LogP contribution in [0.15, 0.2) is 24.4 Å². The Morgan fingerprint density at radius 3 is 2.79 bits per heavy atom. The van der Waals surface area contributed by atoms with E-state index in [4.69, 9.17) is 5.11 Å². The SMILES string of the molecule is CC(=O)N[C@@H](Cc1c[nH]c2ccc(C)cc12)C(=O)O. The molecule has 0 unspecified atom stereocenters. The van der Waals surface area contributed by atoms with Gasteiger partial charge < -0.3 is 15.4 Å². The molecule has 0 spiro atoms. The average molecular weight is 260 g/mol. The number of carbonyl (C=O) groups is 2. The smallest absolute Gasteiger partial charge is 0.326 e. The number of hydrogen-bond acceptors (Lipinski definition) is 2. The van der Waals surface area contributed by atoms with Crippen molar-refractivity contribution in [3.63, 3.8) is 0 Å². The van der Waals surface area contributed by atoms with Crippen molar-refractivity contribution < 1.29 is 14.7 Å². The normalized spacial score (nSPS) is 12.3. The van der Waals surface area contributed by atoms with Gasteiger partial charge in [-0.05, 0) is 24.6 Å². The fraction of sp³-hybridized carbons (Fsp3) is 0.286. The molecule has 19 heavy (non-hydrogen) atoms. The molecule has 0 saturated heterocycles. The third-order valence-electron chi connectivity index (χ3n) is 3.02. The molecular weight excluding hydrogens is 244 g/mol. The summed E-state index contributed by atoms with van der Waals surface area (Å²) in [6.45, 7) is 3.30. The van der Waals surface area contributed by atoms with Gasteiger partial charge in [0.25, 0.3) is 0 Å². The Labute approximate surface area is 110 Å². The van der Waals surface area contributed by atoms with Gasteiger partial charge in [-0.25, -0.2) is 4.79 Å². The summed E-state index contributed by atoms with van der Waals surface area (Å²) in [5, 5.41) is 12.6. The number of aromatic nitrogens is 1. The first-order chi connectivity index (χ1) is 8.97. The van der Waals surface area contributed by atoms with Crippen molar-refractivity contribution in [3.05, 3.63) is 35.5 Å². The van der Waals surface area contributed by atoms with Crippen LogP contribution in [0.5, 0.6) is 0 Å². The van der Waals surface area contributed by atoms with Gasteiger partial charge in [-0.2, -0.15) is 0 Å². The average Bonchev–Trinajstić information content (AvgIpc) is 2.70. The molecule has 0 aliphatic rings. The Morgan fingerprint density at radius 2 is 2.16 bits per heavy atom. The predicted octanol–water partition coefficient (Wildman–Crippen LogP) is 1.61. The number of H-pyrrole nitrogens is 1. The first-order valence-electron chi connectivity index (χ1n) is 6.04. The summed E-state index contributed by atoms with van der Waals surface area (Å²) >= 11 is 0. The largest absolute Gasteiger partial charge is 0.480 e. The van der Waals surface area contributed by atoms with Gasteiger partial charge in [-0.1, -0.05) is 11.6 Å². The van der Waals surface area contributed by atoms with Crippen LogP contribution < -0.4 is 5.32 Å². The minimum absolute atomic E-state index is 0.262. The highest BCUT2D eigenvalue weighted by Gasteiger charge is 2.20. The predicted molar refractivity (Wildman–Crippen MR) is 72.0 cm³/mol. The zero-order valence-corrected chi connectivity index (χ0v) is 10.9. The van der Waals surface area contributed by atoms with Gasteiger partial charge in [0.05, 0.1) is 0 Å². The number of amides is 1. The van der Waals surface area contributed by atoms with E-state index in [1.807, 2.05) is 25.1 Å². The molecular formula is C14H16N2O3. The molecule has 1 heterocycles. The highest BCUT2D eigenvalue weighted by Crippen LogP contribution is 2.21. The van der Waals surface area contributed by atoms with Gasteiger partial charge in [-0.3, -0.25) is 4.79 Å². The van der Waals surface area contributed by atoms with Crippen molar-refractivity contribution in [1.82, 2.24) is 10.3 Å². The second-order valence-corrected chi connectivity index (χ2v) is 4.66. The molecule has 2 aromatic rings. The Morgan fingerprint density at radius 1 is 1.42 bits per heavy atom. The number of aryl methyl sites for hydroxylation is 1. The molecule has 0 aliphatic carbocycles. The molecule has 0 radical (unpaired) electrons. The lowest BCUT2D eigenvalue weighted by molar-refractivity contribution is -0.141. The molecule has 5 heteroatoms. The molecule has 1 amide bonds. The number of aliphatic carboxylic acids is 1. The highest BCUT2D eigenvalue weighted by molar-refractivity contribution is 5.86. The van der Waals surface area contributed by atoms with E-state index in [1.54, 1.807) is 6.20 Å². The van der Waals surface area contributed by atoms with Crippen molar-refractivity contribution in [1.29, 1.82) is 0 Å². The number of aromatic amines is 1. The van der Waals surface area contributed by atoms with Gasteiger partial charge in [0.2, 0.25) is 5.91 Å². The fourth-order valence-corrected chi connectivity index (χ4v) is 2.13. The van der Waals surface area contributed by atoms with Crippen LogP contribution >= 0.6 is 0 Å². The molecule has 3 N–H and O–H groups in total. The molecule has 0 fully saturated rings. The number of hydrogen-bond donors (Lipinski definition) is 3. The lowest BCUT2D eigenvalue weighted by atomic mass is 10.0. The quantitative estimate of drug-likeness (QED) is 0.781. The lowest BCUT2D eigenvalue weighted by Crippen LogP contribution is -2.41. The second kappa shape index (κ2) is 5.14. The third kappa shape index (κ3) is 2.93. The van der Waals surface area contributed by atoms with Crippen LogP contribution in [0.1, 0.15) is 18.1 Å². The molecule has 1 aromatic carbocycles. The van der Waals surface area contributed by atoms with Crippen LogP contribution in [-0.2, 0) is 16.0 Å². The van der Waals surface area contributed by atoms with E-state index in [1.165, 1.54) is 6.92 Å². The zero-order chi connectivity index (χ0) is 14.0. The second-order valence-electron chi connectivity index (χ2n) is 4.66. The van der Waals surface area contributed by atoms with Gasteiger partial charge in [-0.15, -0.1) is 0 Å². The molecule has 0 bridgehead atoms. The number of carboxylic acids is 1. The summed E-state index contributed by atoms with van der Waals surface area (Å²) in [7, 11) is 0. The van der Waals surface area contributed by atoms with E-state index in [-0.39, 0.29) is 12.3 Å². The Balaban J connectivity index is 2.31. The summed E-state index contributed by atoms with van der Waals surface area (Å²) in [6.07, 6.45) is 2.06. The number of nitrogens with one attached hydrogen (secondary N) is 2. The van der Waals surface area contributed by atoms with Gasteiger partial charge >= 0.3 is 5.97 Å². The monoisotopic (exact) mass is 260 g/mol. The fourth-order valence-electron chi connectivity index (χ4n) is 2.13. The zero-order valence-electron chi connectivity index (χ0n) is 10.9. The van der Waals surface area contributed by atoms with Crippen molar-refractivity contribution in [2.45, 2.75) is 26.3 Å². The summed E-state index contributed by atoms with van der Waals surface area (Å²) < 4.78 is 0.